The molecule has 0 aliphatic heterocycles. The van der Waals surface area contributed by atoms with Gasteiger partial charge in [0.2, 0.25) is 10.2 Å². The number of benzene rings is 3. The molecule has 0 fully saturated rings. The Morgan fingerprint density at radius 2 is 1.72 bits per heavy atom. The minimum absolute atomic E-state index is 0.0148. The Bertz CT molecular complexity index is 1560. The molecule has 2 N–H and O–H groups in total. The van der Waals surface area contributed by atoms with E-state index in [9.17, 15) is 31.1 Å². The minimum Gasteiger partial charge on any atom is -0.348 e. The molecular formula is C29H29F4N2O3S+. The molecule has 0 bridgehead atoms. The van der Waals surface area contributed by atoms with Crippen molar-refractivity contribution in [1.29, 1.82) is 0 Å². The van der Waals surface area contributed by atoms with E-state index in [1.54, 1.807) is 49.4 Å². The van der Waals surface area contributed by atoms with E-state index in [1.807, 2.05) is 24.5 Å². The summed E-state index contributed by atoms with van der Waals surface area (Å²) in [6, 6.07) is 16.1. The fourth-order valence-electron chi connectivity index (χ4n) is 4.51. The molecule has 0 saturated heterocycles. The molecule has 0 aliphatic carbocycles. The van der Waals surface area contributed by atoms with E-state index in [1.165, 1.54) is 0 Å². The van der Waals surface area contributed by atoms with E-state index in [2.05, 4.69) is 5.32 Å². The van der Waals surface area contributed by atoms with E-state index < -0.39 is 27.8 Å². The first-order chi connectivity index (χ1) is 18.3. The Balaban J connectivity index is 1.54. The molecule has 1 atom stereocenters. The molecule has 1 heterocycles. The zero-order valence-corrected chi connectivity index (χ0v) is 22.5. The number of nitrogens with zero attached hydrogens (tertiary/aromatic N) is 1. The predicted molar refractivity (Wildman–Crippen MR) is 144 cm³/mol. The summed E-state index contributed by atoms with van der Waals surface area (Å²) < 4.78 is 77.4. The van der Waals surface area contributed by atoms with Gasteiger partial charge in [-0.1, -0.05) is 22.4 Å². The molecule has 5 nitrogen and oxygen atoms in total. The second-order valence-electron chi connectivity index (χ2n) is 9.61. The first kappa shape index (κ1) is 28.5. The third kappa shape index (κ3) is 6.23. The van der Waals surface area contributed by atoms with Gasteiger partial charge < -0.3 is 9.88 Å². The van der Waals surface area contributed by atoms with Gasteiger partial charge >= 0.3 is 6.18 Å². The zero-order chi connectivity index (χ0) is 28.5. The summed E-state index contributed by atoms with van der Waals surface area (Å²) in [5.41, 5.74) is 1.83. The van der Waals surface area contributed by atoms with E-state index in [0.29, 0.717) is 22.2 Å². The number of carbonyl (C=O) groups excluding carboxylic acids is 1. The number of halogens is 4. The molecule has 0 saturated carbocycles. The van der Waals surface area contributed by atoms with Crippen LogP contribution in [0.2, 0.25) is 0 Å². The molecule has 0 aliphatic rings. The van der Waals surface area contributed by atoms with Crippen LogP contribution in [0.15, 0.2) is 71.6 Å². The van der Waals surface area contributed by atoms with Crippen molar-refractivity contribution in [3.8, 4) is 0 Å². The molecule has 4 rings (SSSR count). The fourth-order valence-corrected chi connectivity index (χ4v) is 5.41. The van der Waals surface area contributed by atoms with Gasteiger partial charge in [0.15, 0.2) is 4.90 Å². The maximum absolute atomic E-state index is 14.6. The molecule has 1 amide bonds. The maximum atomic E-state index is 14.6. The van der Waals surface area contributed by atoms with Crippen molar-refractivity contribution in [3.63, 3.8) is 0 Å². The van der Waals surface area contributed by atoms with Crippen LogP contribution in [0, 0.1) is 5.82 Å². The monoisotopic (exact) mass is 561 g/mol. The van der Waals surface area contributed by atoms with Crippen LogP contribution in [0.25, 0.3) is 10.9 Å². The van der Waals surface area contributed by atoms with Crippen LogP contribution in [0.3, 0.4) is 0 Å². The molecular weight excluding hydrogens is 532 g/mol. The Morgan fingerprint density at radius 3 is 2.31 bits per heavy atom. The van der Waals surface area contributed by atoms with Gasteiger partial charge in [0.1, 0.15) is 11.6 Å². The van der Waals surface area contributed by atoms with Gasteiger partial charge in [0, 0.05) is 41.2 Å². The molecule has 10 heteroatoms. The van der Waals surface area contributed by atoms with Crippen molar-refractivity contribution in [2.75, 3.05) is 5.75 Å². The lowest BCUT2D eigenvalue weighted by Crippen LogP contribution is -2.22. The Kier molecular flexibility index (Phi) is 7.99. The van der Waals surface area contributed by atoms with Crippen LogP contribution < -0.4 is 5.32 Å². The van der Waals surface area contributed by atoms with Gasteiger partial charge in [0.05, 0.1) is 5.56 Å². The predicted octanol–water partition coefficient (Wildman–Crippen LogP) is 7.25. The van der Waals surface area contributed by atoms with Crippen molar-refractivity contribution in [2.24, 2.45) is 0 Å². The number of nitrogens with one attached hydrogen (secondary N) is 1. The van der Waals surface area contributed by atoms with Crippen molar-refractivity contribution in [2.45, 2.75) is 50.9 Å². The standard InChI is InChI=1S/C29H28F4N2O3S/c1-4-39(37,38)25-10-5-19(6-11-25)17-34-28(36)21-8-12-27-22(13-21)15-24(35(27)18(2)3)14-20-7-9-23(16-26(20)30)29(31,32)33/h5-13,15-16,18H,4,14,17H2,1-3H3,(H-,34,36,37,38)/p+1. The smallest absolute Gasteiger partial charge is 0.348 e. The van der Waals surface area contributed by atoms with Crippen LogP contribution in [0.5, 0.6) is 0 Å². The third-order valence-electron chi connectivity index (χ3n) is 6.59. The first-order valence-corrected chi connectivity index (χ1v) is 14.1. The number of fused-ring (bicyclic) bond motifs is 1. The average Bonchev–Trinajstić information content (AvgIpc) is 3.25. The Morgan fingerprint density at radius 1 is 1.03 bits per heavy atom. The average molecular weight is 562 g/mol. The largest absolute Gasteiger partial charge is 0.416 e. The normalized spacial score (nSPS) is 13.6. The molecule has 1 unspecified atom stereocenters. The number of alkyl halides is 3. The van der Waals surface area contributed by atoms with Crippen LogP contribution in [-0.4, -0.2) is 20.8 Å². The third-order valence-corrected chi connectivity index (χ3v) is 8.38. The number of carbonyl (C=O) groups is 1. The SMILES string of the molecule is CC[S+](=O)(O)c1ccc(CNC(=O)c2ccc3c(c2)cc(Cc2ccc(C(F)(F)F)cc2F)n3C(C)C)cc1. The molecule has 1 aromatic heterocycles. The summed E-state index contributed by atoms with van der Waals surface area (Å²) in [6.45, 7) is 5.77. The summed E-state index contributed by atoms with van der Waals surface area (Å²) in [6.07, 6.45) is -4.53. The molecule has 0 radical (unpaired) electrons. The highest BCUT2D eigenvalue weighted by Crippen LogP contribution is 2.32. The van der Waals surface area contributed by atoms with E-state index in [0.717, 1.165) is 28.6 Å². The molecule has 206 valence electrons. The van der Waals surface area contributed by atoms with Crippen LogP contribution >= 0.6 is 0 Å². The lowest BCUT2D eigenvalue weighted by Gasteiger charge is -2.16. The summed E-state index contributed by atoms with van der Waals surface area (Å²) >= 11 is 0. The first-order valence-electron chi connectivity index (χ1n) is 12.4. The second kappa shape index (κ2) is 10.9. The van der Waals surface area contributed by atoms with Crippen LogP contribution in [-0.2, 0) is 33.6 Å². The molecule has 3 aromatic carbocycles. The van der Waals surface area contributed by atoms with Crippen molar-refractivity contribution >= 4 is 27.0 Å². The summed E-state index contributed by atoms with van der Waals surface area (Å²) in [4.78, 5) is 13.2. The van der Waals surface area contributed by atoms with Crippen molar-refractivity contribution in [1.82, 2.24) is 9.88 Å². The topological polar surface area (TPSA) is 71.3 Å². The van der Waals surface area contributed by atoms with Gasteiger partial charge in [0.25, 0.3) is 5.91 Å². The summed E-state index contributed by atoms with van der Waals surface area (Å²) in [5, 5.41) is 3.59. The van der Waals surface area contributed by atoms with E-state index in [4.69, 9.17) is 0 Å². The number of amides is 1. The summed E-state index contributed by atoms with van der Waals surface area (Å²) in [5.74, 6) is -1.12. The van der Waals surface area contributed by atoms with E-state index in [-0.39, 0.29) is 36.2 Å². The van der Waals surface area contributed by atoms with Gasteiger partial charge in [-0.3, -0.25) is 4.79 Å². The molecule has 4 aromatic rings. The van der Waals surface area contributed by atoms with E-state index >= 15 is 0 Å². The minimum atomic E-state index is -4.62. The highest BCUT2D eigenvalue weighted by atomic mass is 32.3. The summed E-state index contributed by atoms with van der Waals surface area (Å²) in [7, 11) is -3.05. The fraction of sp³-hybridized carbons (Fsp3) is 0.276. The number of hydrogen-bond donors (Lipinski definition) is 2. The number of rotatable bonds is 8. The van der Waals surface area contributed by atoms with Crippen molar-refractivity contribution in [3.05, 3.63) is 100 Å². The highest BCUT2D eigenvalue weighted by Gasteiger charge is 2.31. The van der Waals surface area contributed by atoms with Gasteiger partial charge in [-0.25, -0.2) is 4.39 Å². The molecule has 0 spiro atoms. The zero-order valence-electron chi connectivity index (χ0n) is 21.7. The lowest BCUT2D eigenvalue weighted by atomic mass is 10.1. The highest BCUT2D eigenvalue weighted by molar-refractivity contribution is 7.97. The van der Waals surface area contributed by atoms with Gasteiger partial charge in [-0.05, 0) is 80.4 Å². The van der Waals surface area contributed by atoms with Gasteiger partial charge in [-0.2, -0.15) is 17.7 Å². The van der Waals surface area contributed by atoms with Crippen molar-refractivity contribution < 1.29 is 31.1 Å². The second-order valence-corrected chi connectivity index (χ2v) is 11.9. The maximum Gasteiger partial charge on any atom is 0.416 e. The van der Waals surface area contributed by atoms with Gasteiger partial charge in [-0.15, -0.1) is 0 Å². The van der Waals surface area contributed by atoms with Crippen LogP contribution in [0.1, 0.15) is 59.6 Å². The molecule has 39 heavy (non-hydrogen) atoms. The Hall–Kier alpha value is -3.50. The number of aromatic nitrogens is 1. The lowest BCUT2D eigenvalue weighted by molar-refractivity contribution is -0.137. The Labute approximate surface area is 225 Å². The van der Waals surface area contributed by atoms with Crippen LogP contribution in [0.4, 0.5) is 17.6 Å². The quantitative estimate of drug-likeness (QED) is 0.176. The number of hydrogen-bond acceptors (Lipinski definition) is 2.